The fourth-order valence-electron chi connectivity index (χ4n) is 2.25. The predicted molar refractivity (Wildman–Crippen MR) is 82.8 cm³/mol. The molecule has 19 heavy (non-hydrogen) atoms. The van der Waals surface area contributed by atoms with E-state index in [9.17, 15) is 4.79 Å². The van der Waals surface area contributed by atoms with Gasteiger partial charge < -0.3 is 10.6 Å². The first-order valence-electron chi connectivity index (χ1n) is 6.98. The largest absolute Gasteiger partial charge is 0.326 e. The van der Waals surface area contributed by atoms with Crippen molar-refractivity contribution in [2.45, 2.75) is 32.2 Å². The van der Waals surface area contributed by atoms with Crippen LogP contribution in [0.4, 0.5) is 5.69 Å². The van der Waals surface area contributed by atoms with Crippen LogP contribution < -0.4 is 10.6 Å². The van der Waals surface area contributed by atoms with Crippen LogP contribution in [0.3, 0.4) is 0 Å². The van der Waals surface area contributed by atoms with Gasteiger partial charge in [0.2, 0.25) is 5.91 Å². The third kappa shape index (κ3) is 4.55. The Morgan fingerprint density at radius 3 is 3.00 bits per heavy atom. The van der Waals surface area contributed by atoms with Gasteiger partial charge >= 0.3 is 0 Å². The molecule has 4 heteroatoms. The van der Waals surface area contributed by atoms with Gasteiger partial charge in [-0.2, -0.15) is 11.8 Å². The molecule has 1 fully saturated rings. The molecule has 0 aliphatic carbocycles. The summed E-state index contributed by atoms with van der Waals surface area (Å²) in [6.45, 7) is 2.87. The third-order valence-corrected chi connectivity index (χ3v) is 4.55. The molecule has 0 radical (unpaired) electrons. The predicted octanol–water partition coefficient (Wildman–Crippen LogP) is 2.67. The first-order chi connectivity index (χ1) is 9.29. The second-order valence-electron chi connectivity index (χ2n) is 4.82. The van der Waals surface area contributed by atoms with Crippen molar-refractivity contribution in [2.24, 2.45) is 0 Å². The van der Waals surface area contributed by atoms with Gasteiger partial charge in [0.25, 0.3) is 0 Å². The number of hydrogen-bond donors (Lipinski definition) is 2. The molecule has 3 nitrogen and oxygen atoms in total. The second kappa shape index (κ2) is 7.56. The average Bonchev–Trinajstić information content (AvgIpc) is 2.92. The minimum absolute atomic E-state index is 0.0963. The van der Waals surface area contributed by atoms with Crippen molar-refractivity contribution in [1.82, 2.24) is 5.32 Å². The topological polar surface area (TPSA) is 41.1 Å². The Morgan fingerprint density at radius 2 is 2.26 bits per heavy atom. The highest BCUT2D eigenvalue weighted by Gasteiger charge is 2.14. The number of aryl methyl sites for hydroxylation is 1. The second-order valence-corrected chi connectivity index (χ2v) is 5.97. The van der Waals surface area contributed by atoms with Gasteiger partial charge in [0.1, 0.15) is 0 Å². The first kappa shape index (κ1) is 14.4. The van der Waals surface area contributed by atoms with Gasteiger partial charge in [0, 0.05) is 30.4 Å². The van der Waals surface area contributed by atoms with E-state index in [4.69, 9.17) is 0 Å². The van der Waals surface area contributed by atoms with Crippen LogP contribution in [0.25, 0.3) is 0 Å². The molecule has 0 spiro atoms. The van der Waals surface area contributed by atoms with Crippen LogP contribution in [0, 0.1) is 0 Å². The minimum Gasteiger partial charge on any atom is -0.326 e. The van der Waals surface area contributed by atoms with Gasteiger partial charge in [-0.25, -0.2) is 0 Å². The Bertz CT molecular complexity index is 416. The summed E-state index contributed by atoms with van der Waals surface area (Å²) in [5.41, 5.74) is 2.14. The maximum Gasteiger partial charge on any atom is 0.225 e. The summed E-state index contributed by atoms with van der Waals surface area (Å²) in [5.74, 6) is 2.52. The molecule has 1 heterocycles. The zero-order valence-corrected chi connectivity index (χ0v) is 12.3. The lowest BCUT2D eigenvalue weighted by molar-refractivity contribution is -0.116. The standard InChI is InChI=1S/C15H22N2OS/c1-2-12-5-3-4-6-14(12)17-15(18)7-9-16-13-8-10-19-11-13/h3-6,13,16H,2,7-11H2,1H3,(H,17,18). The molecule has 2 rings (SSSR count). The summed E-state index contributed by atoms with van der Waals surface area (Å²) in [4.78, 5) is 11.9. The molecular formula is C15H22N2OS. The van der Waals surface area contributed by atoms with Crippen molar-refractivity contribution in [3.8, 4) is 0 Å². The molecule has 2 N–H and O–H groups in total. The lowest BCUT2D eigenvalue weighted by Gasteiger charge is -2.12. The highest BCUT2D eigenvalue weighted by molar-refractivity contribution is 7.99. The Labute approximate surface area is 119 Å². The number of anilines is 1. The number of amides is 1. The highest BCUT2D eigenvalue weighted by atomic mass is 32.2. The zero-order valence-electron chi connectivity index (χ0n) is 11.4. The molecule has 1 amide bonds. The number of nitrogens with one attached hydrogen (secondary N) is 2. The van der Waals surface area contributed by atoms with E-state index in [1.807, 2.05) is 30.0 Å². The highest BCUT2D eigenvalue weighted by Crippen LogP contribution is 2.17. The number of rotatable bonds is 6. The Hall–Kier alpha value is -1.000. The Balaban J connectivity index is 1.74. The quantitative estimate of drug-likeness (QED) is 0.840. The molecule has 1 aromatic carbocycles. The van der Waals surface area contributed by atoms with Crippen molar-refractivity contribution in [1.29, 1.82) is 0 Å². The fourth-order valence-corrected chi connectivity index (χ4v) is 3.44. The third-order valence-electron chi connectivity index (χ3n) is 3.39. The van der Waals surface area contributed by atoms with Crippen molar-refractivity contribution >= 4 is 23.4 Å². The van der Waals surface area contributed by atoms with E-state index in [-0.39, 0.29) is 5.91 Å². The van der Waals surface area contributed by atoms with Gasteiger partial charge in [0.15, 0.2) is 0 Å². The normalized spacial score (nSPS) is 18.5. The molecule has 1 atom stereocenters. The number of para-hydroxylation sites is 1. The van der Waals surface area contributed by atoms with Crippen LogP contribution >= 0.6 is 11.8 Å². The lowest BCUT2D eigenvalue weighted by Crippen LogP contribution is -2.31. The van der Waals surface area contributed by atoms with E-state index in [0.29, 0.717) is 12.5 Å². The summed E-state index contributed by atoms with van der Waals surface area (Å²) in [7, 11) is 0. The lowest BCUT2D eigenvalue weighted by atomic mass is 10.1. The molecule has 0 aromatic heterocycles. The van der Waals surface area contributed by atoms with Crippen LogP contribution in [0.2, 0.25) is 0 Å². The van der Waals surface area contributed by atoms with E-state index < -0.39 is 0 Å². The average molecular weight is 278 g/mol. The van der Waals surface area contributed by atoms with E-state index in [1.54, 1.807) is 0 Å². The molecule has 1 aliphatic heterocycles. The van der Waals surface area contributed by atoms with Crippen molar-refractivity contribution in [3.63, 3.8) is 0 Å². The molecule has 1 aliphatic rings. The summed E-state index contributed by atoms with van der Waals surface area (Å²) < 4.78 is 0. The van der Waals surface area contributed by atoms with Crippen molar-refractivity contribution < 1.29 is 4.79 Å². The van der Waals surface area contributed by atoms with Gasteiger partial charge in [-0.15, -0.1) is 0 Å². The van der Waals surface area contributed by atoms with Gasteiger partial charge in [-0.1, -0.05) is 25.1 Å². The zero-order chi connectivity index (χ0) is 13.5. The van der Waals surface area contributed by atoms with E-state index in [2.05, 4.69) is 23.6 Å². The van der Waals surface area contributed by atoms with E-state index in [1.165, 1.54) is 23.5 Å². The van der Waals surface area contributed by atoms with Gasteiger partial charge in [0.05, 0.1) is 0 Å². The number of hydrogen-bond acceptors (Lipinski definition) is 3. The van der Waals surface area contributed by atoms with Crippen LogP contribution in [0.5, 0.6) is 0 Å². The van der Waals surface area contributed by atoms with E-state index >= 15 is 0 Å². The SMILES string of the molecule is CCc1ccccc1NC(=O)CCNC1CCSC1. The van der Waals surface area contributed by atoms with Crippen LogP contribution in [0.15, 0.2) is 24.3 Å². The first-order valence-corrected chi connectivity index (χ1v) is 8.14. The molecular weight excluding hydrogens is 256 g/mol. The monoisotopic (exact) mass is 278 g/mol. The van der Waals surface area contributed by atoms with Crippen molar-refractivity contribution in [2.75, 3.05) is 23.4 Å². The number of benzene rings is 1. The molecule has 104 valence electrons. The van der Waals surface area contributed by atoms with Gasteiger partial charge in [-0.05, 0) is 30.2 Å². The summed E-state index contributed by atoms with van der Waals surface area (Å²) in [6, 6.07) is 8.60. The fraction of sp³-hybridized carbons (Fsp3) is 0.533. The molecule has 1 saturated heterocycles. The Kier molecular flexibility index (Phi) is 5.73. The number of carbonyl (C=O) groups is 1. The summed E-state index contributed by atoms with van der Waals surface area (Å²) in [6.07, 6.45) is 2.71. The van der Waals surface area contributed by atoms with Crippen LogP contribution in [-0.2, 0) is 11.2 Å². The van der Waals surface area contributed by atoms with Crippen molar-refractivity contribution in [3.05, 3.63) is 29.8 Å². The van der Waals surface area contributed by atoms with Crippen LogP contribution in [-0.4, -0.2) is 30.0 Å². The minimum atomic E-state index is 0.0963. The maximum absolute atomic E-state index is 11.9. The summed E-state index contributed by atoms with van der Waals surface area (Å²) in [5, 5.41) is 6.45. The van der Waals surface area contributed by atoms with Crippen LogP contribution in [0.1, 0.15) is 25.3 Å². The molecule has 1 aromatic rings. The number of thioether (sulfide) groups is 1. The smallest absolute Gasteiger partial charge is 0.225 e. The number of carbonyl (C=O) groups excluding carboxylic acids is 1. The molecule has 0 bridgehead atoms. The van der Waals surface area contributed by atoms with Gasteiger partial charge in [-0.3, -0.25) is 4.79 Å². The molecule has 1 unspecified atom stereocenters. The maximum atomic E-state index is 11.9. The Morgan fingerprint density at radius 1 is 1.42 bits per heavy atom. The van der Waals surface area contributed by atoms with E-state index in [0.717, 1.165) is 18.7 Å². The summed E-state index contributed by atoms with van der Waals surface area (Å²) >= 11 is 1.99. The molecule has 0 saturated carbocycles.